The molecule has 2 amide bonds. The molecule has 6 nitrogen and oxygen atoms in total. The SMILES string of the molecule is CCCOc1ccc(N2C(=O)[C@@H]3[C@H](ON(c4ccccc4)[C@@H]3c3ccc(Cl)cc3Cl)C2=O)cc1. The first kappa shape index (κ1) is 22.7. The minimum atomic E-state index is -0.972. The number of hydrogen-bond acceptors (Lipinski definition) is 5. The van der Waals surface area contributed by atoms with E-state index in [0.29, 0.717) is 33.7 Å². The lowest BCUT2D eigenvalue weighted by atomic mass is 9.90. The fourth-order valence-electron chi connectivity index (χ4n) is 4.44. The lowest BCUT2D eigenvalue weighted by Gasteiger charge is -2.29. The number of halogens is 2. The lowest BCUT2D eigenvalue weighted by Crippen LogP contribution is -2.37. The third-order valence-corrected chi connectivity index (χ3v) is 6.54. The fourth-order valence-corrected chi connectivity index (χ4v) is 4.96. The van der Waals surface area contributed by atoms with Gasteiger partial charge in [0.15, 0.2) is 6.10 Å². The highest BCUT2D eigenvalue weighted by molar-refractivity contribution is 6.35. The van der Waals surface area contributed by atoms with E-state index in [-0.39, 0.29) is 5.91 Å². The Morgan fingerprint density at radius 1 is 0.912 bits per heavy atom. The second-order valence-electron chi connectivity index (χ2n) is 8.18. The number of carbonyl (C=O) groups is 2. The van der Waals surface area contributed by atoms with Crippen LogP contribution in [0.5, 0.6) is 5.75 Å². The Bertz CT molecular complexity index is 1220. The summed E-state index contributed by atoms with van der Waals surface area (Å²) in [5.41, 5.74) is 1.86. The first-order chi connectivity index (χ1) is 16.5. The Kier molecular flexibility index (Phi) is 6.21. The lowest BCUT2D eigenvalue weighted by molar-refractivity contribution is -0.126. The van der Waals surface area contributed by atoms with Crippen molar-refractivity contribution in [3.8, 4) is 5.75 Å². The second-order valence-corrected chi connectivity index (χ2v) is 9.02. The van der Waals surface area contributed by atoms with Gasteiger partial charge in [0.25, 0.3) is 5.91 Å². The maximum Gasteiger partial charge on any atom is 0.266 e. The van der Waals surface area contributed by atoms with Crippen LogP contribution in [0.25, 0.3) is 0 Å². The van der Waals surface area contributed by atoms with Gasteiger partial charge in [0, 0.05) is 10.0 Å². The van der Waals surface area contributed by atoms with E-state index in [4.69, 9.17) is 32.8 Å². The third kappa shape index (κ3) is 3.92. The molecule has 2 fully saturated rings. The zero-order valence-electron chi connectivity index (χ0n) is 18.4. The minimum Gasteiger partial charge on any atom is -0.494 e. The molecule has 174 valence electrons. The predicted octanol–water partition coefficient (Wildman–Crippen LogP) is 5.83. The van der Waals surface area contributed by atoms with Crippen LogP contribution in [0.1, 0.15) is 24.9 Å². The van der Waals surface area contributed by atoms with Crippen molar-refractivity contribution >= 4 is 46.4 Å². The molecule has 0 aromatic heterocycles. The number of hydroxylamine groups is 1. The summed E-state index contributed by atoms with van der Waals surface area (Å²) in [5.74, 6) is -0.845. The van der Waals surface area contributed by atoms with Crippen LogP contribution in [0.2, 0.25) is 10.0 Å². The Balaban J connectivity index is 1.52. The van der Waals surface area contributed by atoms with Crippen LogP contribution in [-0.4, -0.2) is 24.5 Å². The molecule has 8 heteroatoms. The molecule has 0 spiro atoms. The molecule has 2 aliphatic heterocycles. The van der Waals surface area contributed by atoms with Gasteiger partial charge in [-0.2, -0.15) is 0 Å². The molecule has 0 saturated carbocycles. The molecule has 3 aromatic rings. The topological polar surface area (TPSA) is 59.1 Å². The Morgan fingerprint density at radius 2 is 1.65 bits per heavy atom. The van der Waals surface area contributed by atoms with Crippen molar-refractivity contribution in [1.29, 1.82) is 0 Å². The van der Waals surface area contributed by atoms with Crippen LogP contribution >= 0.6 is 23.2 Å². The van der Waals surface area contributed by atoms with Gasteiger partial charge in [0.1, 0.15) is 11.7 Å². The fraction of sp³-hybridized carbons (Fsp3) is 0.231. The number of hydrogen-bond donors (Lipinski definition) is 0. The maximum absolute atomic E-state index is 13.7. The van der Waals surface area contributed by atoms with Crippen LogP contribution in [0.3, 0.4) is 0 Å². The zero-order valence-corrected chi connectivity index (χ0v) is 19.9. The van der Waals surface area contributed by atoms with E-state index in [9.17, 15) is 9.59 Å². The molecule has 0 N–H and O–H groups in total. The van der Waals surface area contributed by atoms with Gasteiger partial charge in [-0.3, -0.25) is 14.4 Å². The summed E-state index contributed by atoms with van der Waals surface area (Å²) in [4.78, 5) is 34.4. The molecule has 0 aliphatic carbocycles. The minimum absolute atomic E-state index is 0.341. The van der Waals surface area contributed by atoms with Gasteiger partial charge >= 0.3 is 0 Å². The van der Waals surface area contributed by atoms with E-state index in [1.54, 1.807) is 47.5 Å². The number of carbonyl (C=O) groups excluding carboxylic acids is 2. The van der Waals surface area contributed by atoms with E-state index in [1.165, 1.54) is 4.90 Å². The highest BCUT2D eigenvalue weighted by atomic mass is 35.5. The number of nitrogens with zero attached hydrogens (tertiary/aromatic N) is 2. The van der Waals surface area contributed by atoms with Gasteiger partial charge < -0.3 is 4.74 Å². The van der Waals surface area contributed by atoms with Gasteiger partial charge in [-0.05, 0) is 60.5 Å². The highest BCUT2D eigenvalue weighted by Gasteiger charge is 2.60. The summed E-state index contributed by atoms with van der Waals surface area (Å²) >= 11 is 12.7. The molecular formula is C26H22Cl2N2O4. The predicted molar refractivity (Wildman–Crippen MR) is 131 cm³/mol. The average molecular weight is 497 g/mol. The average Bonchev–Trinajstić information content (AvgIpc) is 3.35. The number of fused-ring (bicyclic) bond motifs is 1. The molecule has 34 heavy (non-hydrogen) atoms. The second kappa shape index (κ2) is 9.29. The summed E-state index contributed by atoms with van der Waals surface area (Å²) < 4.78 is 5.62. The van der Waals surface area contributed by atoms with Crippen LogP contribution in [0.4, 0.5) is 11.4 Å². The number of ether oxygens (including phenoxy) is 1. The van der Waals surface area contributed by atoms with Gasteiger partial charge in [-0.1, -0.05) is 54.4 Å². The van der Waals surface area contributed by atoms with Crippen molar-refractivity contribution in [2.45, 2.75) is 25.5 Å². The van der Waals surface area contributed by atoms with E-state index in [1.807, 2.05) is 37.3 Å². The maximum atomic E-state index is 13.7. The molecule has 2 aliphatic rings. The largest absolute Gasteiger partial charge is 0.494 e. The smallest absolute Gasteiger partial charge is 0.266 e. The van der Waals surface area contributed by atoms with E-state index >= 15 is 0 Å². The van der Waals surface area contributed by atoms with Crippen molar-refractivity contribution < 1.29 is 19.2 Å². The number of anilines is 2. The van der Waals surface area contributed by atoms with E-state index in [2.05, 4.69) is 0 Å². The van der Waals surface area contributed by atoms with Gasteiger partial charge in [0.2, 0.25) is 5.91 Å². The van der Waals surface area contributed by atoms with Crippen LogP contribution in [0, 0.1) is 5.92 Å². The molecule has 0 bridgehead atoms. The third-order valence-electron chi connectivity index (χ3n) is 5.98. The van der Waals surface area contributed by atoms with Crippen molar-refractivity contribution in [2.24, 2.45) is 5.92 Å². The number of benzene rings is 3. The summed E-state index contributed by atoms with van der Waals surface area (Å²) in [7, 11) is 0. The summed E-state index contributed by atoms with van der Waals surface area (Å²) in [6, 6.07) is 20.8. The van der Waals surface area contributed by atoms with Crippen LogP contribution in [0.15, 0.2) is 72.8 Å². The Morgan fingerprint density at radius 3 is 2.32 bits per heavy atom. The van der Waals surface area contributed by atoms with Crippen molar-refractivity contribution in [3.63, 3.8) is 0 Å². The van der Waals surface area contributed by atoms with Crippen molar-refractivity contribution in [2.75, 3.05) is 16.6 Å². The van der Waals surface area contributed by atoms with Gasteiger partial charge in [0.05, 0.1) is 24.0 Å². The number of imide groups is 1. The first-order valence-corrected chi connectivity index (χ1v) is 11.8. The molecule has 2 saturated heterocycles. The summed E-state index contributed by atoms with van der Waals surface area (Å²) in [6.45, 7) is 2.62. The van der Waals surface area contributed by atoms with Crippen LogP contribution in [-0.2, 0) is 14.4 Å². The monoisotopic (exact) mass is 496 g/mol. The summed E-state index contributed by atoms with van der Waals surface area (Å²) in [6.07, 6.45) is -0.0848. The number of amides is 2. The zero-order chi connectivity index (χ0) is 23.8. The number of para-hydroxylation sites is 1. The quantitative estimate of drug-likeness (QED) is 0.401. The normalized spacial score (nSPS) is 21.8. The van der Waals surface area contributed by atoms with E-state index < -0.39 is 24.0 Å². The van der Waals surface area contributed by atoms with Crippen molar-refractivity contribution in [1.82, 2.24) is 0 Å². The Hall–Kier alpha value is -3.06. The molecular weight excluding hydrogens is 475 g/mol. The molecule has 2 heterocycles. The van der Waals surface area contributed by atoms with E-state index in [0.717, 1.165) is 12.1 Å². The number of rotatable bonds is 6. The standard InChI is InChI=1S/C26H22Cl2N2O4/c1-2-14-33-19-11-9-17(10-12-19)29-25(31)22-23(20-13-8-16(27)15-21(20)28)30(34-24(22)26(29)32)18-6-4-3-5-7-18/h3-13,15,22-24H,2,14H2,1H3/t22-,23+,24-/m0/s1. The molecule has 5 rings (SSSR count). The van der Waals surface area contributed by atoms with Gasteiger partial charge in [-0.15, -0.1) is 0 Å². The first-order valence-electron chi connectivity index (χ1n) is 11.1. The molecule has 0 unspecified atom stereocenters. The van der Waals surface area contributed by atoms with Crippen molar-refractivity contribution in [3.05, 3.63) is 88.4 Å². The Labute approximate surface area is 207 Å². The van der Waals surface area contributed by atoms with Gasteiger partial charge in [-0.25, -0.2) is 9.96 Å². The van der Waals surface area contributed by atoms with Crippen LogP contribution < -0.4 is 14.7 Å². The molecule has 0 radical (unpaired) electrons. The molecule has 3 aromatic carbocycles. The highest BCUT2D eigenvalue weighted by Crippen LogP contribution is 2.49. The summed E-state index contributed by atoms with van der Waals surface area (Å²) in [5, 5.41) is 2.49. The molecule has 3 atom stereocenters.